The van der Waals surface area contributed by atoms with E-state index in [2.05, 4.69) is 79.9 Å². The maximum absolute atomic E-state index is 6.72. The molecule has 0 aromatic heterocycles. The Labute approximate surface area is 350 Å². The lowest BCUT2D eigenvalue weighted by atomic mass is 9.44. The minimum Gasteiger partial charge on any atom is -0.494 e. The normalized spacial score (nSPS) is 29.5. The van der Waals surface area contributed by atoms with Gasteiger partial charge >= 0.3 is 0 Å². The molecule has 4 saturated carbocycles. The maximum atomic E-state index is 6.72. The Morgan fingerprint density at radius 3 is 1.93 bits per heavy atom. The van der Waals surface area contributed by atoms with Crippen molar-refractivity contribution in [2.24, 2.45) is 57.8 Å². The molecular formula is C48H78N4O6. The van der Waals surface area contributed by atoms with Gasteiger partial charge in [0.25, 0.3) is 0 Å². The first kappa shape index (κ1) is 44.9. The molecule has 6 N–H and O–H groups in total. The quantitative estimate of drug-likeness (QED) is 0.0688. The highest BCUT2D eigenvalue weighted by atomic mass is 16.5. The Kier molecular flexibility index (Phi) is 17.7. The van der Waals surface area contributed by atoms with Crippen molar-refractivity contribution in [3.05, 3.63) is 48.5 Å². The standard InChI is InChI=1S/C48H78N4O6/c1-36(7-6-24-57-40-10-4-8-38(34-40)51-22-27-55-31-29-53-25-20-49)44-14-15-45-43-13-12-37-33-42(16-18-47(37,2)46(43)17-19-48(44,45)3)58-41-11-5-9-39(35-41)52-23-28-56-32-30-54-26-21-50/h4-5,8-11,34-37,42-46,51-52H,6-7,12-33,49-50H2,1-3H3/t36-,37-,42+,43+,44-,45+,46+,47+,48-/m1/s1. The van der Waals surface area contributed by atoms with E-state index in [9.17, 15) is 0 Å². The first-order valence-electron chi connectivity index (χ1n) is 23.0. The molecular weight excluding hydrogens is 729 g/mol. The molecule has 4 aliphatic rings. The Morgan fingerprint density at radius 1 is 0.655 bits per heavy atom. The fourth-order valence-electron chi connectivity index (χ4n) is 12.0. The van der Waals surface area contributed by atoms with Gasteiger partial charge in [0.1, 0.15) is 11.5 Å². The van der Waals surface area contributed by atoms with Crippen LogP contribution in [0, 0.1) is 46.3 Å². The number of rotatable bonds is 26. The lowest BCUT2D eigenvalue weighted by Gasteiger charge is -2.61. The van der Waals surface area contributed by atoms with E-state index in [0.29, 0.717) is 82.9 Å². The summed E-state index contributed by atoms with van der Waals surface area (Å²) in [7, 11) is 0. The minimum absolute atomic E-state index is 0.306. The van der Waals surface area contributed by atoms with Crippen LogP contribution in [-0.2, 0) is 18.9 Å². The summed E-state index contributed by atoms with van der Waals surface area (Å²) in [6.45, 7) is 16.1. The largest absolute Gasteiger partial charge is 0.494 e. The van der Waals surface area contributed by atoms with Gasteiger partial charge in [-0.2, -0.15) is 0 Å². The van der Waals surface area contributed by atoms with Crippen molar-refractivity contribution in [1.82, 2.24) is 0 Å². The highest BCUT2D eigenvalue weighted by Crippen LogP contribution is 2.68. The van der Waals surface area contributed by atoms with Crippen LogP contribution < -0.4 is 31.6 Å². The lowest BCUT2D eigenvalue weighted by molar-refractivity contribution is -0.126. The summed E-state index contributed by atoms with van der Waals surface area (Å²) in [5, 5.41) is 6.93. The van der Waals surface area contributed by atoms with Crippen molar-refractivity contribution in [2.75, 3.05) is 96.3 Å². The summed E-state index contributed by atoms with van der Waals surface area (Å²) in [6.07, 6.45) is 14.8. The summed E-state index contributed by atoms with van der Waals surface area (Å²) in [4.78, 5) is 0. The molecule has 58 heavy (non-hydrogen) atoms. The van der Waals surface area contributed by atoms with Gasteiger partial charge in [-0.1, -0.05) is 32.9 Å². The number of fused-ring (bicyclic) bond motifs is 5. The molecule has 2 aromatic carbocycles. The molecule has 0 bridgehead atoms. The molecule has 0 heterocycles. The molecule has 0 aliphatic heterocycles. The van der Waals surface area contributed by atoms with Crippen molar-refractivity contribution >= 4 is 11.4 Å². The molecule has 9 atom stereocenters. The van der Waals surface area contributed by atoms with Gasteiger partial charge in [-0.25, -0.2) is 0 Å². The van der Waals surface area contributed by atoms with E-state index in [1.54, 1.807) is 0 Å². The fraction of sp³-hybridized carbons (Fsp3) is 0.750. The van der Waals surface area contributed by atoms with Gasteiger partial charge < -0.3 is 50.5 Å². The topological polar surface area (TPSA) is 131 Å². The molecule has 0 unspecified atom stereocenters. The second kappa shape index (κ2) is 22.8. The molecule has 0 radical (unpaired) electrons. The van der Waals surface area contributed by atoms with Gasteiger partial charge in [-0.05, 0) is 141 Å². The zero-order chi connectivity index (χ0) is 40.6. The Morgan fingerprint density at radius 2 is 1.26 bits per heavy atom. The molecule has 4 fully saturated rings. The molecule has 4 aliphatic carbocycles. The van der Waals surface area contributed by atoms with Gasteiger partial charge in [0.2, 0.25) is 0 Å². The van der Waals surface area contributed by atoms with Gasteiger partial charge in [0.05, 0.1) is 65.6 Å². The van der Waals surface area contributed by atoms with Gasteiger partial charge in [-0.15, -0.1) is 0 Å². The van der Waals surface area contributed by atoms with Crippen LogP contribution in [0.5, 0.6) is 11.5 Å². The Balaban J connectivity index is 0.906. The zero-order valence-electron chi connectivity index (χ0n) is 36.2. The van der Waals surface area contributed by atoms with E-state index in [1.807, 2.05) is 0 Å². The first-order chi connectivity index (χ1) is 28.3. The van der Waals surface area contributed by atoms with Crippen LogP contribution in [0.1, 0.15) is 91.4 Å². The van der Waals surface area contributed by atoms with E-state index >= 15 is 0 Å². The van der Waals surface area contributed by atoms with E-state index in [-0.39, 0.29) is 0 Å². The molecule has 0 saturated heterocycles. The van der Waals surface area contributed by atoms with Crippen molar-refractivity contribution < 1.29 is 28.4 Å². The third-order valence-electron chi connectivity index (χ3n) is 14.8. The SMILES string of the molecule is C[C@H](CCCOc1cccc(NCCOCCOCCN)c1)[C@H]1CC[C@H]2[C@@H]3CC[C@@H]4C[C@@H](Oc5cccc(NCCOCCOCCN)c5)CC[C@]4(C)[C@H]3CC[C@]12C. The molecule has 0 spiro atoms. The van der Waals surface area contributed by atoms with E-state index in [4.69, 9.17) is 39.9 Å². The third kappa shape index (κ3) is 12.0. The summed E-state index contributed by atoms with van der Waals surface area (Å²) in [6, 6.07) is 16.8. The number of nitrogens with two attached hydrogens (primary N) is 2. The molecule has 326 valence electrons. The second-order valence-electron chi connectivity index (χ2n) is 18.3. The van der Waals surface area contributed by atoms with Crippen molar-refractivity contribution in [2.45, 2.75) is 97.5 Å². The summed E-state index contributed by atoms with van der Waals surface area (Å²) in [5.41, 5.74) is 14.0. The zero-order valence-corrected chi connectivity index (χ0v) is 36.2. The van der Waals surface area contributed by atoms with E-state index in [0.717, 1.165) is 84.5 Å². The first-order valence-corrected chi connectivity index (χ1v) is 23.0. The average Bonchev–Trinajstić information content (AvgIpc) is 3.59. The number of hydrogen-bond donors (Lipinski definition) is 4. The second-order valence-corrected chi connectivity index (χ2v) is 18.3. The van der Waals surface area contributed by atoms with Crippen LogP contribution >= 0.6 is 0 Å². The molecule has 10 nitrogen and oxygen atoms in total. The van der Waals surface area contributed by atoms with Crippen LogP contribution in [0.25, 0.3) is 0 Å². The third-order valence-corrected chi connectivity index (χ3v) is 14.8. The molecule has 6 rings (SSSR count). The van der Waals surface area contributed by atoms with Gasteiger partial charge in [0.15, 0.2) is 0 Å². The minimum atomic E-state index is 0.306. The number of benzene rings is 2. The van der Waals surface area contributed by atoms with Crippen molar-refractivity contribution in [3.8, 4) is 11.5 Å². The predicted molar refractivity (Wildman–Crippen MR) is 235 cm³/mol. The Hall–Kier alpha value is -2.60. The summed E-state index contributed by atoms with van der Waals surface area (Å²) in [5.74, 6) is 6.90. The number of nitrogens with one attached hydrogen (secondary N) is 2. The van der Waals surface area contributed by atoms with Crippen LogP contribution in [0.2, 0.25) is 0 Å². The van der Waals surface area contributed by atoms with E-state index in [1.165, 1.54) is 64.2 Å². The van der Waals surface area contributed by atoms with Crippen LogP contribution in [0.4, 0.5) is 11.4 Å². The van der Waals surface area contributed by atoms with Gasteiger partial charge in [0, 0.05) is 49.7 Å². The Bertz CT molecular complexity index is 1480. The maximum Gasteiger partial charge on any atom is 0.121 e. The molecule has 10 heteroatoms. The molecule has 0 amide bonds. The van der Waals surface area contributed by atoms with Crippen LogP contribution in [-0.4, -0.2) is 91.7 Å². The van der Waals surface area contributed by atoms with Gasteiger partial charge in [-0.3, -0.25) is 0 Å². The van der Waals surface area contributed by atoms with Crippen molar-refractivity contribution in [1.29, 1.82) is 0 Å². The summed E-state index contributed by atoms with van der Waals surface area (Å²) < 4.78 is 35.0. The smallest absolute Gasteiger partial charge is 0.121 e. The number of anilines is 2. The highest BCUT2D eigenvalue weighted by Gasteiger charge is 2.60. The number of hydrogen-bond acceptors (Lipinski definition) is 10. The summed E-state index contributed by atoms with van der Waals surface area (Å²) >= 11 is 0. The number of ether oxygens (including phenoxy) is 6. The monoisotopic (exact) mass is 807 g/mol. The van der Waals surface area contributed by atoms with Crippen molar-refractivity contribution in [3.63, 3.8) is 0 Å². The predicted octanol–water partition coefficient (Wildman–Crippen LogP) is 8.40. The molecule has 2 aromatic rings. The fourth-order valence-corrected chi connectivity index (χ4v) is 12.0. The van der Waals surface area contributed by atoms with Crippen LogP contribution in [0.3, 0.4) is 0 Å². The average molecular weight is 807 g/mol. The van der Waals surface area contributed by atoms with Crippen LogP contribution in [0.15, 0.2) is 48.5 Å². The lowest BCUT2D eigenvalue weighted by Crippen LogP contribution is -2.54. The van der Waals surface area contributed by atoms with E-state index < -0.39 is 0 Å². The highest BCUT2D eigenvalue weighted by molar-refractivity contribution is 5.49.